The molecule has 0 radical (unpaired) electrons. The first kappa shape index (κ1) is 12.0. The van der Waals surface area contributed by atoms with Crippen LogP contribution in [0.15, 0.2) is 15.9 Å². The lowest BCUT2D eigenvalue weighted by Crippen LogP contribution is -2.40. The molecular weight excluding hydrogens is 292 g/mol. The van der Waals surface area contributed by atoms with Crippen LogP contribution in [0.2, 0.25) is 0 Å². The van der Waals surface area contributed by atoms with Gasteiger partial charge in [0.1, 0.15) is 0 Å². The smallest absolute Gasteiger partial charge is 0.227 e. The van der Waals surface area contributed by atoms with Crippen molar-refractivity contribution < 1.29 is 9.53 Å². The van der Waals surface area contributed by atoms with Crippen molar-refractivity contribution >= 4 is 33.2 Å². The number of carbonyl (C=O) groups is 1. The Morgan fingerprint density at radius 1 is 1.62 bits per heavy atom. The van der Waals surface area contributed by atoms with Crippen LogP contribution in [0.5, 0.6) is 0 Å². The third-order valence-corrected chi connectivity index (χ3v) is 4.15. The van der Waals surface area contributed by atoms with E-state index in [2.05, 4.69) is 21.2 Å². The van der Waals surface area contributed by atoms with Gasteiger partial charge in [0.25, 0.3) is 0 Å². The van der Waals surface area contributed by atoms with Crippen LogP contribution in [-0.2, 0) is 16.1 Å². The minimum atomic E-state index is -0.205. The molecule has 2 atom stereocenters. The third-order valence-electron chi connectivity index (χ3n) is 2.53. The Kier molecular flexibility index (Phi) is 3.96. The molecule has 1 amide bonds. The van der Waals surface area contributed by atoms with Crippen molar-refractivity contribution in [2.75, 3.05) is 13.2 Å². The SMILES string of the molecule is NC1COCC1C(=O)NCc1ccc(Br)s1. The summed E-state index contributed by atoms with van der Waals surface area (Å²) in [7, 11) is 0. The number of hydrogen-bond acceptors (Lipinski definition) is 4. The van der Waals surface area contributed by atoms with Gasteiger partial charge in [-0.05, 0) is 28.1 Å². The zero-order valence-corrected chi connectivity index (χ0v) is 11.0. The first-order chi connectivity index (χ1) is 7.66. The fourth-order valence-electron chi connectivity index (χ4n) is 1.59. The topological polar surface area (TPSA) is 64.3 Å². The number of halogens is 1. The highest BCUT2D eigenvalue weighted by Crippen LogP contribution is 2.22. The fourth-order valence-corrected chi connectivity index (χ4v) is 3.02. The van der Waals surface area contributed by atoms with E-state index >= 15 is 0 Å². The standard InChI is InChI=1S/C10H13BrN2O2S/c11-9-2-1-6(16-9)3-13-10(14)7-4-15-5-8(7)12/h1-2,7-8H,3-5,12H2,(H,13,14). The van der Waals surface area contributed by atoms with Crippen LogP contribution in [0.4, 0.5) is 0 Å². The molecule has 16 heavy (non-hydrogen) atoms. The van der Waals surface area contributed by atoms with Crippen LogP contribution < -0.4 is 11.1 Å². The first-order valence-corrected chi connectivity index (χ1v) is 6.63. The summed E-state index contributed by atoms with van der Waals surface area (Å²) in [5, 5.41) is 2.88. The minimum Gasteiger partial charge on any atom is -0.379 e. The molecule has 3 N–H and O–H groups in total. The van der Waals surface area contributed by atoms with E-state index < -0.39 is 0 Å². The van der Waals surface area contributed by atoms with Gasteiger partial charge in [-0.2, -0.15) is 0 Å². The Morgan fingerprint density at radius 3 is 3.00 bits per heavy atom. The number of nitrogens with two attached hydrogens (primary N) is 1. The van der Waals surface area contributed by atoms with Crippen molar-refractivity contribution in [1.29, 1.82) is 0 Å². The van der Waals surface area contributed by atoms with E-state index in [1.807, 2.05) is 12.1 Å². The van der Waals surface area contributed by atoms with Crippen LogP contribution >= 0.6 is 27.3 Å². The molecule has 6 heteroatoms. The van der Waals surface area contributed by atoms with Crippen molar-refractivity contribution in [2.24, 2.45) is 11.7 Å². The van der Waals surface area contributed by atoms with Gasteiger partial charge in [0, 0.05) is 10.9 Å². The molecule has 1 aliphatic rings. The van der Waals surface area contributed by atoms with Crippen molar-refractivity contribution in [3.05, 3.63) is 20.8 Å². The highest BCUT2D eigenvalue weighted by Gasteiger charge is 2.30. The summed E-state index contributed by atoms with van der Waals surface area (Å²) in [5.41, 5.74) is 5.76. The summed E-state index contributed by atoms with van der Waals surface area (Å²) in [4.78, 5) is 12.9. The maximum absolute atomic E-state index is 11.8. The molecular formula is C10H13BrN2O2S. The van der Waals surface area contributed by atoms with Crippen molar-refractivity contribution in [1.82, 2.24) is 5.32 Å². The lowest BCUT2D eigenvalue weighted by atomic mass is 10.0. The molecule has 1 aromatic rings. The largest absolute Gasteiger partial charge is 0.379 e. The average molecular weight is 305 g/mol. The van der Waals surface area contributed by atoms with E-state index in [9.17, 15) is 4.79 Å². The zero-order valence-electron chi connectivity index (χ0n) is 8.61. The summed E-state index contributed by atoms with van der Waals surface area (Å²) < 4.78 is 6.22. The van der Waals surface area contributed by atoms with Gasteiger partial charge < -0.3 is 15.8 Å². The molecule has 0 aromatic carbocycles. The molecule has 1 aliphatic heterocycles. The van der Waals surface area contributed by atoms with Crippen LogP contribution in [0.1, 0.15) is 4.88 Å². The molecule has 0 spiro atoms. The molecule has 1 saturated heterocycles. The van der Waals surface area contributed by atoms with Crippen molar-refractivity contribution in [3.63, 3.8) is 0 Å². The number of ether oxygens (including phenoxy) is 1. The summed E-state index contributed by atoms with van der Waals surface area (Å²) in [6.45, 7) is 1.46. The van der Waals surface area contributed by atoms with Gasteiger partial charge >= 0.3 is 0 Å². The number of hydrogen-bond donors (Lipinski definition) is 2. The fraction of sp³-hybridized carbons (Fsp3) is 0.500. The third kappa shape index (κ3) is 2.82. The summed E-state index contributed by atoms with van der Waals surface area (Å²) in [6, 6.07) is 3.78. The van der Waals surface area contributed by atoms with Crippen molar-refractivity contribution in [3.8, 4) is 0 Å². The van der Waals surface area contributed by atoms with Gasteiger partial charge in [-0.1, -0.05) is 0 Å². The average Bonchev–Trinajstić information content (AvgIpc) is 2.84. The van der Waals surface area contributed by atoms with E-state index in [-0.39, 0.29) is 17.9 Å². The second kappa shape index (κ2) is 5.27. The Labute approximate surface area is 106 Å². The second-order valence-corrected chi connectivity index (χ2v) is 6.28. The summed E-state index contributed by atoms with van der Waals surface area (Å²) in [5.74, 6) is -0.224. The second-order valence-electron chi connectivity index (χ2n) is 3.73. The maximum Gasteiger partial charge on any atom is 0.227 e. The maximum atomic E-state index is 11.8. The summed E-state index contributed by atoms with van der Waals surface area (Å²) >= 11 is 4.99. The van der Waals surface area contributed by atoms with E-state index in [1.165, 1.54) is 0 Å². The Balaban J connectivity index is 1.83. The van der Waals surface area contributed by atoms with Crippen LogP contribution in [0, 0.1) is 5.92 Å². The predicted octanol–water partition coefficient (Wildman–Crippen LogP) is 1.10. The molecule has 2 rings (SSSR count). The Morgan fingerprint density at radius 2 is 2.44 bits per heavy atom. The lowest BCUT2D eigenvalue weighted by Gasteiger charge is -2.12. The monoisotopic (exact) mass is 304 g/mol. The molecule has 0 saturated carbocycles. The van der Waals surface area contributed by atoms with Crippen LogP contribution in [-0.4, -0.2) is 25.2 Å². The van der Waals surface area contributed by atoms with Crippen LogP contribution in [0.25, 0.3) is 0 Å². The molecule has 1 aromatic heterocycles. The normalized spacial score (nSPS) is 24.6. The van der Waals surface area contributed by atoms with Crippen LogP contribution in [0.3, 0.4) is 0 Å². The Bertz CT molecular complexity index is 383. The molecule has 0 bridgehead atoms. The quantitative estimate of drug-likeness (QED) is 0.879. The lowest BCUT2D eigenvalue weighted by molar-refractivity contribution is -0.125. The number of thiophene rings is 1. The molecule has 4 nitrogen and oxygen atoms in total. The van der Waals surface area contributed by atoms with E-state index in [4.69, 9.17) is 10.5 Å². The molecule has 1 fully saturated rings. The van der Waals surface area contributed by atoms with Gasteiger partial charge in [0.05, 0.1) is 29.5 Å². The van der Waals surface area contributed by atoms with E-state index in [0.717, 1.165) is 8.66 Å². The predicted molar refractivity (Wildman–Crippen MR) is 66.2 cm³/mol. The summed E-state index contributed by atoms with van der Waals surface area (Å²) in [6.07, 6.45) is 0. The highest BCUT2D eigenvalue weighted by molar-refractivity contribution is 9.11. The zero-order chi connectivity index (χ0) is 11.5. The number of amides is 1. The minimum absolute atomic E-state index is 0.0190. The van der Waals surface area contributed by atoms with Gasteiger partial charge in [0.15, 0.2) is 0 Å². The van der Waals surface area contributed by atoms with Gasteiger partial charge in [-0.15, -0.1) is 11.3 Å². The van der Waals surface area contributed by atoms with Gasteiger partial charge in [-0.25, -0.2) is 0 Å². The number of rotatable bonds is 3. The Hall–Kier alpha value is -0.430. The van der Waals surface area contributed by atoms with E-state index in [0.29, 0.717) is 19.8 Å². The molecule has 88 valence electrons. The molecule has 0 aliphatic carbocycles. The molecule has 2 unspecified atom stereocenters. The van der Waals surface area contributed by atoms with E-state index in [1.54, 1.807) is 11.3 Å². The molecule has 2 heterocycles. The van der Waals surface area contributed by atoms with Gasteiger partial charge in [0.2, 0.25) is 5.91 Å². The van der Waals surface area contributed by atoms with Gasteiger partial charge in [-0.3, -0.25) is 4.79 Å². The first-order valence-electron chi connectivity index (χ1n) is 5.02. The number of nitrogens with one attached hydrogen (secondary N) is 1. The highest BCUT2D eigenvalue weighted by atomic mass is 79.9. The van der Waals surface area contributed by atoms with Crippen molar-refractivity contribution in [2.45, 2.75) is 12.6 Å². The number of carbonyl (C=O) groups excluding carboxylic acids is 1.